The van der Waals surface area contributed by atoms with Crippen LogP contribution < -0.4 is 10.1 Å². The fraction of sp³-hybridized carbons (Fsp3) is 0.385. The van der Waals surface area contributed by atoms with Gasteiger partial charge in [-0.3, -0.25) is 9.69 Å². The minimum Gasteiger partial charge on any atom is -0.508 e. The zero-order valence-corrected chi connectivity index (χ0v) is 19.7. The largest absolute Gasteiger partial charge is 0.508 e. The molecule has 3 amide bonds. The number of nitrogens with one attached hydrogen (secondary N) is 2. The van der Waals surface area contributed by atoms with Gasteiger partial charge < -0.3 is 25.0 Å². The van der Waals surface area contributed by atoms with E-state index in [1.807, 2.05) is 38.1 Å². The zero-order chi connectivity index (χ0) is 24.0. The molecule has 0 saturated carbocycles. The Morgan fingerprint density at radius 2 is 2.06 bits per heavy atom. The van der Waals surface area contributed by atoms with Gasteiger partial charge in [0.15, 0.2) is 0 Å². The van der Waals surface area contributed by atoms with E-state index in [0.29, 0.717) is 25.9 Å². The highest BCUT2D eigenvalue weighted by molar-refractivity contribution is 6.08. The average Bonchev–Trinajstić information content (AvgIpc) is 3.26. The van der Waals surface area contributed by atoms with Gasteiger partial charge in [0.25, 0.3) is 5.91 Å². The maximum Gasteiger partial charge on any atom is 0.328 e. The van der Waals surface area contributed by atoms with Gasteiger partial charge in [-0.05, 0) is 61.3 Å². The smallest absolute Gasteiger partial charge is 0.328 e. The molecule has 178 valence electrons. The number of phenolic OH excluding ortho intramolecular Hbond substituents is 1. The van der Waals surface area contributed by atoms with Crippen LogP contribution in [-0.2, 0) is 17.6 Å². The van der Waals surface area contributed by atoms with Crippen LogP contribution in [0.25, 0.3) is 10.9 Å². The summed E-state index contributed by atoms with van der Waals surface area (Å²) in [6.45, 7) is 5.53. The lowest BCUT2D eigenvalue weighted by atomic mass is 9.81. The number of nitrogens with zero attached hydrogens (tertiary/aromatic N) is 2. The molecule has 0 radical (unpaired) electrons. The summed E-state index contributed by atoms with van der Waals surface area (Å²) in [4.78, 5) is 34.0. The highest BCUT2D eigenvalue weighted by atomic mass is 16.5. The summed E-state index contributed by atoms with van der Waals surface area (Å²) in [6, 6.07) is 12.3. The van der Waals surface area contributed by atoms with Gasteiger partial charge in [0.05, 0.1) is 13.2 Å². The first kappa shape index (κ1) is 22.3. The van der Waals surface area contributed by atoms with Crippen molar-refractivity contribution in [2.75, 3.05) is 26.7 Å². The molecule has 1 fully saturated rings. The highest BCUT2D eigenvalue weighted by Crippen LogP contribution is 2.47. The molecule has 3 N–H and O–H groups in total. The molecular formula is C26H30N4O4. The van der Waals surface area contributed by atoms with Crippen molar-refractivity contribution in [1.29, 1.82) is 0 Å². The van der Waals surface area contributed by atoms with Crippen molar-refractivity contribution in [3.8, 4) is 11.5 Å². The van der Waals surface area contributed by atoms with Crippen LogP contribution in [0.4, 0.5) is 4.79 Å². The van der Waals surface area contributed by atoms with Crippen LogP contribution in [0.15, 0.2) is 42.5 Å². The Labute approximate surface area is 198 Å². The quantitative estimate of drug-likeness (QED) is 0.370. The van der Waals surface area contributed by atoms with Crippen LogP contribution in [0.2, 0.25) is 0 Å². The Morgan fingerprint density at radius 3 is 2.79 bits per heavy atom. The Bertz CT molecular complexity index is 1270. The normalized spacial score (nSPS) is 21.8. The number of fused-ring (bicyclic) bond motifs is 4. The van der Waals surface area contributed by atoms with Crippen molar-refractivity contribution in [3.05, 3.63) is 59.3 Å². The number of phenols is 1. The predicted octanol–water partition coefficient (Wildman–Crippen LogP) is 3.35. The summed E-state index contributed by atoms with van der Waals surface area (Å²) in [5, 5.41) is 14.2. The standard InChI is InChI=1S/C26H30N4O4/c1-4-27-10-11-29-24(32)26(2)15-20-19-14-18(34-3)8-9-21(19)28-23(20)22(30(26)25(29)33)13-16-6-5-7-17(31)12-16/h5-9,12,14,22,27-28,31H,4,10-11,13,15H2,1-3H3/t22?,26-/m0/s1. The lowest BCUT2D eigenvalue weighted by Gasteiger charge is -2.42. The molecule has 3 aromatic rings. The second-order valence-electron chi connectivity index (χ2n) is 9.23. The molecule has 2 aliphatic rings. The Morgan fingerprint density at radius 1 is 1.24 bits per heavy atom. The van der Waals surface area contributed by atoms with E-state index in [-0.39, 0.29) is 23.7 Å². The maximum absolute atomic E-state index is 13.7. The van der Waals surface area contributed by atoms with Crippen molar-refractivity contribution in [2.45, 2.75) is 38.3 Å². The molecule has 0 spiro atoms. The Balaban J connectivity index is 1.63. The topological polar surface area (TPSA) is 97.9 Å². The number of amides is 3. The first-order valence-electron chi connectivity index (χ1n) is 11.7. The molecule has 1 unspecified atom stereocenters. The fourth-order valence-electron chi connectivity index (χ4n) is 5.45. The highest BCUT2D eigenvalue weighted by Gasteiger charge is 2.59. The number of aromatic amines is 1. The molecule has 5 rings (SSSR count). The third-order valence-electron chi connectivity index (χ3n) is 7.09. The minimum absolute atomic E-state index is 0.167. The molecule has 2 aromatic carbocycles. The van der Waals surface area contributed by atoms with Crippen molar-refractivity contribution >= 4 is 22.8 Å². The third-order valence-corrected chi connectivity index (χ3v) is 7.09. The molecule has 34 heavy (non-hydrogen) atoms. The van der Waals surface area contributed by atoms with E-state index in [1.54, 1.807) is 30.2 Å². The summed E-state index contributed by atoms with van der Waals surface area (Å²) >= 11 is 0. The molecule has 1 aromatic heterocycles. The summed E-state index contributed by atoms with van der Waals surface area (Å²) < 4.78 is 5.45. The van der Waals surface area contributed by atoms with Crippen molar-refractivity contribution in [2.24, 2.45) is 0 Å². The number of aromatic hydroxyl groups is 1. The minimum atomic E-state index is -0.990. The number of rotatable bonds is 7. The maximum atomic E-state index is 13.7. The van der Waals surface area contributed by atoms with Gasteiger partial charge in [0.2, 0.25) is 0 Å². The van der Waals surface area contributed by atoms with E-state index in [2.05, 4.69) is 10.3 Å². The fourth-order valence-corrected chi connectivity index (χ4v) is 5.45. The number of benzene rings is 2. The van der Waals surface area contributed by atoms with Crippen LogP contribution in [0.1, 0.15) is 36.7 Å². The summed E-state index contributed by atoms with van der Waals surface area (Å²) in [6.07, 6.45) is 0.898. The van der Waals surface area contributed by atoms with Gasteiger partial charge in [0.1, 0.15) is 17.0 Å². The van der Waals surface area contributed by atoms with Crippen LogP contribution in [0, 0.1) is 0 Å². The average molecular weight is 463 g/mol. The van der Waals surface area contributed by atoms with Crippen LogP contribution in [0.3, 0.4) is 0 Å². The van der Waals surface area contributed by atoms with E-state index >= 15 is 0 Å². The number of carbonyl (C=O) groups is 2. The Hall–Kier alpha value is -3.52. The summed E-state index contributed by atoms with van der Waals surface area (Å²) in [5.41, 5.74) is 2.81. The predicted molar refractivity (Wildman–Crippen MR) is 129 cm³/mol. The Kier molecular flexibility index (Phi) is 5.48. The monoisotopic (exact) mass is 462 g/mol. The molecule has 8 heteroatoms. The number of likely N-dealkylation sites (N-methyl/N-ethyl adjacent to an activating group) is 1. The first-order chi connectivity index (χ1) is 16.4. The summed E-state index contributed by atoms with van der Waals surface area (Å²) in [7, 11) is 1.63. The van der Waals surface area contributed by atoms with Gasteiger partial charge in [-0.25, -0.2) is 4.79 Å². The van der Waals surface area contributed by atoms with Crippen LogP contribution >= 0.6 is 0 Å². The molecular weight excluding hydrogens is 432 g/mol. The second kappa shape index (κ2) is 8.36. The molecule has 0 bridgehead atoms. The first-order valence-corrected chi connectivity index (χ1v) is 11.7. The van der Waals surface area contributed by atoms with Gasteiger partial charge in [-0.2, -0.15) is 0 Å². The van der Waals surface area contributed by atoms with Crippen molar-refractivity contribution < 1.29 is 19.4 Å². The number of hydrogen-bond acceptors (Lipinski definition) is 5. The lowest BCUT2D eigenvalue weighted by molar-refractivity contribution is -0.133. The number of imide groups is 1. The van der Waals surface area contributed by atoms with E-state index in [4.69, 9.17) is 4.74 Å². The van der Waals surface area contributed by atoms with E-state index in [1.165, 1.54) is 4.90 Å². The number of carbonyl (C=O) groups excluding carboxylic acids is 2. The number of ether oxygens (including phenoxy) is 1. The van der Waals surface area contributed by atoms with Gasteiger partial charge in [0, 0.05) is 36.1 Å². The number of H-pyrrole nitrogens is 1. The van der Waals surface area contributed by atoms with E-state index in [9.17, 15) is 14.7 Å². The number of urea groups is 1. The van der Waals surface area contributed by atoms with Crippen LogP contribution in [0.5, 0.6) is 11.5 Å². The second-order valence-corrected chi connectivity index (χ2v) is 9.23. The van der Waals surface area contributed by atoms with Crippen LogP contribution in [-0.4, -0.2) is 64.1 Å². The molecule has 3 heterocycles. The SMILES string of the molecule is CCNCCN1C(=O)N2C(Cc3cccc(O)c3)c3[nH]c4ccc(OC)cc4c3C[C@@]2(C)C1=O. The molecule has 2 aliphatic heterocycles. The van der Waals surface area contributed by atoms with E-state index in [0.717, 1.165) is 40.0 Å². The molecule has 2 atom stereocenters. The van der Waals surface area contributed by atoms with Crippen molar-refractivity contribution in [1.82, 2.24) is 20.1 Å². The number of hydrogen-bond donors (Lipinski definition) is 3. The number of aromatic nitrogens is 1. The zero-order valence-electron chi connectivity index (χ0n) is 19.7. The molecule has 0 aliphatic carbocycles. The van der Waals surface area contributed by atoms with Gasteiger partial charge >= 0.3 is 6.03 Å². The molecule has 8 nitrogen and oxygen atoms in total. The number of methoxy groups -OCH3 is 1. The van der Waals surface area contributed by atoms with Gasteiger partial charge in [-0.15, -0.1) is 0 Å². The third kappa shape index (κ3) is 3.40. The summed E-state index contributed by atoms with van der Waals surface area (Å²) in [5.74, 6) is 0.750. The molecule has 1 saturated heterocycles. The van der Waals surface area contributed by atoms with Gasteiger partial charge in [-0.1, -0.05) is 19.1 Å². The van der Waals surface area contributed by atoms with Crippen molar-refractivity contribution in [3.63, 3.8) is 0 Å². The lowest BCUT2D eigenvalue weighted by Crippen LogP contribution is -2.53. The van der Waals surface area contributed by atoms with E-state index < -0.39 is 5.54 Å².